The largest absolute Gasteiger partial charge is 0.438 e. The summed E-state index contributed by atoms with van der Waals surface area (Å²) in [6.07, 6.45) is 0.209. The first-order valence-corrected chi connectivity index (χ1v) is 8.66. The van der Waals surface area contributed by atoms with E-state index in [4.69, 9.17) is 10.5 Å². The number of halogens is 1. The highest BCUT2D eigenvalue weighted by Gasteiger charge is 2.15. The van der Waals surface area contributed by atoms with Crippen LogP contribution < -0.4 is 15.4 Å². The Balaban J connectivity index is 2.00. The van der Waals surface area contributed by atoms with E-state index in [1.165, 1.54) is 6.20 Å². The number of rotatable bonds is 6. The van der Waals surface area contributed by atoms with Crippen LogP contribution in [0.5, 0.6) is 11.6 Å². The van der Waals surface area contributed by atoms with Gasteiger partial charge in [-0.15, -0.1) is 0 Å². The maximum atomic E-state index is 13.7. The fourth-order valence-electron chi connectivity index (χ4n) is 2.64. The molecule has 0 saturated heterocycles. The molecule has 2 heterocycles. The SMILES string of the molecule is CN(C)c1cc(Oc2cc(C#N)ccc2-c2ccc([C@H](F)CN)cn2)n(C)n1. The van der Waals surface area contributed by atoms with E-state index < -0.39 is 6.17 Å². The van der Waals surface area contributed by atoms with Gasteiger partial charge in [0.1, 0.15) is 11.9 Å². The molecule has 0 radical (unpaired) electrons. The van der Waals surface area contributed by atoms with Gasteiger partial charge in [-0.05, 0) is 24.3 Å². The average molecular weight is 380 g/mol. The number of nitrogens with two attached hydrogens (primary N) is 1. The van der Waals surface area contributed by atoms with Crippen molar-refractivity contribution in [3.05, 3.63) is 53.7 Å². The van der Waals surface area contributed by atoms with Gasteiger partial charge >= 0.3 is 0 Å². The number of nitrogens with zero attached hydrogens (tertiary/aromatic N) is 5. The van der Waals surface area contributed by atoms with E-state index in [-0.39, 0.29) is 6.54 Å². The van der Waals surface area contributed by atoms with E-state index in [2.05, 4.69) is 16.2 Å². The highest BCUT2D eigenvalue weighted by molar-refractivity contribution is 5.69. The predicted octanol–water partition coefficient (Wildman–Crippen LogP) is 3.18. The molecule has 1 atom stereocenters. The molecule has 2 aromatic heterocycles. The lowest BCUT2D eigenvalue weighted by atomic mass is 10.1. The summed E-state index contributed by atoms with van der Waals surface area (Å²) >= 11 is 0. The van der Waals surface area contributed by atoms with Crippen molar-refractivity contribution in [1.29, 1.82) is 5.26 Å². The molecule has 0 spiro atoms. The summed E-state index contributed by atoms with van der Waals surface area (Å²) in [7, 11) is 5.55. The molecule has 0 bridgehead atoms. The average Bonchev–Trinajstić information content (AvgIpc) is 3.08. The minimum atomic E-state index is -1.25. The van der Waals surface area contributed by atoms with Crippen molar-refractivity contribution in [2.45, 2.75) is 6.17 Å². The van der Waals surface area contributed by atoms with Crippen LogP contribution in [-0.4, -0.2) is 35.4 Å². The third-order valence-electron chi connectivity index (χ3n) is 4.24. The topological polar surface area (TPSA) is 93.0 Å². The molecule has 7 nitrogen and oxygen atoms in total. The van der Waals surface area contributed by atoms with Crippen LogP contribution in [0.3, 0.4) is 0 Å². The third kappa shape index (κ3) is 3.94. The van der Waals surface area contributed by atoms with Gasteiger partial charge in [0.2, 0.25) is 5.88 Å². The molecule has 0 saturated carbocycles. The van der Waals surface area contributed by atoms with Gasteiger partial charge in [0.25, 0.3) is 0 Å². The molecule has 28 heavy (non-hydrogen) atoms. The van der Waals surface area contributed by atoms with E-state index in [9.17, 15) is 9.65 Å². The molecule has 0 aliphatic carbocycles. The van der Waals surface area contributed by atoms with Crippen LogP contribution in [0.15, 0.2) is 42.6 Å². The molecule has 0 aliphatic heterocycles. The molecular formula is C20H21FN6O. The molecule has 0 amide bonds. The van der Waals surface area contributed by atoms with Crippen molar-refractivity contribution in [2.75, 3.05) is 25.5 Å². The van der Waals surface area contributed by atoms with E-state index in [1.54, 1.807) is 48.1 Å². The number of hydrogen-bond donors (Lipinski definition) is 1. The molecule has 3 rings (SSSR count). The van der Waals surface area contributed by atoms with Gasteiger partial charge in [-0.1, -0.05) is 6.07 Å². The Morgan fingerprint density at radius 3 is 2.64 bits per heavy atom. The van der Waals surface area contributed by atoms with Crippen molar-refractivity contribution in [3.8, 4) is 29.0 Å². The first-order valence-electron chi connectivity index (χ1n) is 8.66. The zero-order valence-corrected chi connectivity index (χ0v) is 15.9. The Morgan fingerprint density at radius 2 is 2.07 bits per heavy atom. The van der Waals surface area contributed by atoms with Gasteiger partial charge in [0.15, 0.2) is 5.82 Å². The van der Waals surface area contributed by atoms with Crippen LogP contribution in [-0.2, 0) is 7.05 Å². The number of benzene rings is 1. The normalized spacial score (nSPS) is 11.7. The molecule has 8 heteroatoms. The van der Waals surface area contributed by atoms with Gasteiger partial charge in [-0.3, -0.25) is 4.98 Å². The van der Waals surface area contributed by atoms with Crippen LogP contribution in [0.4, 0.5) is 10.2 Å². The van der Waals surface area contributed by atoms with Crippen molar-refractivity contribution < 1.29 is 9.13 Å². The number of pyridine rings is 1. The monoisotopic (exact) mass is 380 g/mol. The number of anilines is 1. The Bertz CT molecular complexity index is 1010. The zero-order chi connectivity index (χ0) is 20.3. The van der Waals surface area contributed by atoms with Crippen LogP contribution in [0.1, 0.15) is 17.3 Å². The molecule has 1 aromatic carbocycles. The smallest absolute Gasteiger partial charge is 0.219 e. The third-order valence-corrected chi connectivity index (χ3v) is 4.24. The second kappa shape index (κ2) is 8.06. The summed E-state index contributed by atoms with van der Waals surface area (Å²) in [5, 5.41) is 13.6. The fourth-order valence-corrected chi connectivity index (χ4v) is 2.64. The lowest BCUT2D eigenvalue weighted by Crippen LogP contribution is -2.09. The van der Waals surface area contributed by atoms with Gasteiger partial charge in [-0.2, -0.15) is 10.4 Å². The minimum Gasteiger partial charge on any atom is -0.438 e. The van der Waals surface area contributed by atoms with Crippen molar-refractivity contribution >= 4 is 5.82 Å². The van der Waals surface area contributed by atoms with Crippen LogP contribution in [0.25, 0.3) is 11.3 Å². The number of aryl methyl sites for hydroxylation is 1. The standard InChI is InChI=1S/C20H21FN6O/c1-26(2)19-9-20(27(3)25-19)28-18-8-13(10-22)4-6-15(18)17-7-5-14(12-24-17)16(21)11-23/h4-9,12,16H,11,23H2,1-3H3/t16-/m1/s1. The Kier molecular flexibility index (Phi) is 5.57. The van der Waals surface area contributed by atoms with Gasteiger partial charge in [-0.25, -0.2) is 9.07 Å². The number of aromatic nitrogens is 3. The number of hydrogen-bond acceptors (Lipinski definition) is 6. The molecule has 2 N–H and O–H groups in total. The quantitative estimate of drug-likeness (QED) is 0.706. The summed E-state index contributed by atoms with van der Waals surface area (Å²) in [5.74, 6) is 1.72. The van der Waals surface area contributed by atoms with E-state index >= 15 is 0 Å². The summed E-state index contributed by atoms with van der Waals surface area (Å²) in [6.45, 7) is -0.0963. The van der Waals surface area contributed by atoms with E-state index in [0.29, 0.717) is 34.0 Å². The summed E-state index contributed by atoms with van der Waals surface area (Å²) < 4.78 is 21.4. The number of ether oxygens (including phenoxy) is 1. The van der Waals surface area contributed by atoms with Gasteiger partial charge < -0.3 is 15.4 Å². The number of alkyl halides is 1. The second-order valence-corrected chi connectivity index (χ2v) is 6.46. The van der Waals surface area contributed by atoms with E-state index in [0.717, 1.165) is 5.82 Å². The summed E-state index contributed by atoms with van der Waals surface area (Å²) in [6, 6.07) is 12.4. The highest BCUT2D eigenvalue weighted by Crippen LogP contribution is 2.34. The zero-order valence-electron chi connectivity index (χ0n) is 15.9. The summed E-state index contributed by atoms with van der Waals surface area (Å²) in [4.78, 5) is 6.21. The van der Waals surface area contributed by atoms with Crippen molar-refractivity contribution in [2.24, 2.45) is 12.8 Å². The molecular weight excluding hydrogens is 359 g/mol. The first-order chi connectivity index (χ1) is 13.4. The molecule has 3 aromatic rings. The Morgan fingerprint density at radius 1 is 1.29 bits per heavy atom. The van der Waals surface area contributed by atoms with Crippen LogP contribution >= 0.6 is 0 Å². The Hall–Kier alpha value is -3.44. The van der Waals surface area contributed by atoms with Crippen LogP contribution in [0, 0.1) is 11.3 Å². The number of nitriles is 1. The predicted molar refractivity (Wildman–Crippen MR) is 105 cm³/mol. The molecule has 0 fully saturated rings. The fraction of sp³-hybridized carbons (Fsp3) is 0.250. The first kappa shape index (κ1) is 19.3. The van der Waals surface area contributed by atoms with E-state index in [1.807, 2.05) is 19.0 Å². The molecule has 144 valence electrons. The van der Waals surface area contributed by atoms with Gasteiger partial charge in [0.05, 0.1) is 17.3 Å². The molecule has 0 unspecified atom stereocenters. The minimum absolute atomic E-state index is 0.0963. The maximum Gasteiger partial charge on any atom is 0.219 e. The Labute approximate surface area is 162 Å². The van der Waals surface area contributed by atoms with Crippen LogP contribution in [0.2, 0.25) is 0 Å². The maximum absolute atomic E-state index is 13.7. The second-order valence-electron chi connectivity index (χ2n) is 6.46. The van der Waals surface area contributed by atoms with Crippen molar-refractivity contribution in [3.63, 3.8) is 0 Å². The lowest BCUT2D eigenvalue weighted by Gasteiger charge is -2.12. The van der Waals surface area contributed by atoms with Gasteiger partial charge in [0, 0.05) is 51.1 Å². The summed E-state index contributed by atoms with van der Waals surface area (Å²) in [5.41, 5.74) is 7.53. The molecule has 0 aliphatic rings. The van der Waals surface area contributed by atoms with Crippen molar-refractivity contribution in [1.82, 2.24) is 14.8 Å². The highest BCUT2D eigenvalue weighted by atomic mass is 19.1. The lowest BCUT2D eigenvalue weighted by molar-refractivity contribution is 0.352.